The maximum atomic E-state index is 11.9. The van der Waals surface area contributed by atoms with Crippen LogP contribution in [0.1, 0.15) is 19.4 Å². The summed E-state index contributed by atoms with van der Waals surface area (Å²) in [6.45, 7) is 3.53. The topological polar surface area (TPSA) is 87.3 Å². The van der Waals surface area contributed by atoms with E-state index in [-0.39, 0.29) is 36.6 Å². The molecule has 0 radical (unpaired) electrons. The predicted molar refractivity (Wildman–Crippen MR) is 102 cm³/mol. The average Bonchev–Trinajstić information content (AvgIpc) is 2.62. The fourth-order valence-electron chi connectivity index (χ4n) is 2.15. The zero-order valence-electron chi connectivity index (χ0n) is 14.9. The number of hydrogen-bond acceptors (Lipinski definition) is 3. The fraction of sp³-hybridized carbons (Fsp3) is 0.250. The molecule has 6 heteroatoms. The van der Waals surface area contributed by atoms with Crippen LogP contribution in [0.3, 0.4) is 0 Å². The molecule has 2 aromatic rings. The minimum atomic E-state index is -0.314. The number of amides is 3. The van der Waals surface area contributed by atoms with Crippen molar-refractivity contribution in [3.05, 3.63) is 60.2 Å². The number of rotatable bonds is 7. The van der Waals surface area contributed by atoms with Gasteiger partial charge in [-0.15, -0.1) is 0 Å². The summed E-state index contributed by atoms with van der Waals surface area (Å²) in [5.41, 5.74) is 2.15. The Morgan fingerprint density at radius 2 is 1.38 bits per heavy atom. The summed E-state index contributed by atoms with van der Waals surface area (Å²) < 4.78 is 0. The molecule has 0 aliphatic heterocycles. The van der Waals surface area contributed by atoms with Gasteiger partial charge >= 0.3 is 0 Å². The van der Waals surface area contributed by atoms with E-state index in [1.807, 2.05) is 44.2 Å². The predicted octanol–water partition coefficient (Wildman–Crippen LogP) is 2.58. The Balaban J connectivity index is 1.77. The van der Waals surface area contributed by atoms with Gasteiger partial charge in [0.2, 0.25) is 17.7 Å². The van der Waals surface area contributed by atoms with E-state index in [2.05, 4.69) is 16.0 Å². The van der Waals surface area contributed by atoms with Crippen LogP contribution in [0.5, 0.6) is 0 Å². The Morgan fingerprint density at radius 1 is 0.808 bits per heavy atom. The molecule has 0 aromatic heterocycles. The number of carbonyl (C=O) groups is 3. The van der Waals surface area contributed by atoms with Gasteiger partial charge in [-0.2, -0.15) is 0 Å². The van der Waals surface area contributed by atoms with Crippen LogP contribution in [0.25, 0.3) is 0 Å². The quantitative estimate of drug-likeness (QED) is 0.715. The van der Waals surface area contributed by atoms with E-state index in [9.17, 15) is 14.4 Å². The number of nitrogens with one attached hydrogen (secondary N) is 3. The zero-order valence-corrected chi connectivity index (χ0v) is 14.9. The number of carbonyl (C=O) groups excluding carboxylic acids is 3. The SMILES string of the molecule is CC(C)C(=O)Nc1ccc(NC(=O)CNC(=O)Cc2ccccc2)cc1. The van der Waals surface area contributed by atoms with E-state index in [1.54, 1.807) is 24.3 Å². The molecular weight excluding hydrogens is 330 g/mol. The third-order valence-electron chi connectivity index (χ3n) is 3.61. The smallest absolute Gasteiger partial charge is 0.243 e. The molecule has 3 amide bonds. The van der Waals surface area contributed by atoms with E-state index in [0.717, 1.165) is 5.56 Å². The van der Waals surface area contributed by atoms with Gasteiger partial charge in [-0.3, -0.25) is 14.4 Å². The van der Waals surface area contributed by atoms with Crippen LogP contribution >= 0.6 is 0 Å². The van der Waals surface area contributed by atoms with Crippen LogP contribution in [0, 0.1) is 5.92 Å². The second-order valence-corrected chi connectivity index (χ2v) is 6.21. The van der Waals surface area contributed by atoms with Gasteiger partial charge in [-0.05, 0) is 29.8 Å². The van der Waals surface area contributed by atoms with E-state index < -0.39 is 0 Å². The maximum absolute atomic E-state index is 11.9. The fourth-order valence-corrected chi connectivity index (χ4v) is 2.15. The van der Waals surface area contributed by atoms with Crippen LogP contribution in [0.2, 0.25) is 0 Å². The van der Waals surface area contributed by atoms with E-state index >= 15 is 0 Å². The molecule has 0 aliphatic carbocycles. The number of hydrogen-bond donors (Lipinski definition) is 3. The molecule has 0 spiro atoms. The molecule has 0 saturated heterocycles. The molecular formula is C20H23N3O3. The van der Waals surface area contributed by atoms with Crippen molar-refractivity contribution < 1.29 is 14.4 Å². The van der Waals surface area contributed by atoms with Crippen LogP contribution in [0.15, 0.2) is 54.6 Å². The first-order valence-corrected chi connectivity index (χ1v) is 8.45. The lowest BCUT2D eigenvalue weighted by Gasteiger charge is -2.10. The molecule has 2 aromatic carbocycles. The van der Waals surface area contributed by atoms with E-state index in [0.29, 0.717) is 11.4 Å². The van der Waals surface area contributed by atoms with Crippen molar-refractivity contribution in [2.45, 2.75) is 20.3 Å². The highest BCUT2D eigenvalue weighted by Gasteiger charge is 2.08. The van der Waals surface area contributed by atoms with Gasteiger partial charge in [0.15, 0.2) is 0 Å². The number of anilines is 2. The highest BCUT2D eigenvalue weighted by molar-refractivity contribution is 5.95. The molecule has 2 rings (SSSR count). The van der Waals surface area contributed by atoms with Crippen molar-refractivity contribution >= 4 is 29.1 Å². The molecule has 6 nitrogen and oxygen atoms in total. The van der Waals surface area contributed by atoms with Crippen molar-refractivity contribution in [3.8, 4) is 0 Å². The molecule has 26 heavy (non-hydrogen) atoms. The van der Waals surface area contributed by atoms with Crippen molar-refractivity contribution in [2.24, 2.45) is 5.92 Å². The Morgan fingerprint density at radius 3 is 1.96 bits per heavy atom. The summed E-state index contributed by atoms with van der Waals surface area (Å²) in [7, 11) is 0. The molecule has 0 bridgehead atoms. The van der Waals surface area contributed by atoms with Gasteiger partial charge in [0, 0.05) is 17.3 Å². The zero-order chi connectivity index (χ0) is 18.9. The van der Waals surface area contributed by atoms with Crippen LogP contribution < -0.4 is 16.0 Å². The van der Waals surface area contributed by atoms with Gasteiger partial charge in [0.25, 0.3) is 0 Å². The van der Waals surface area contributed by atoms with Gasteiger partial charge < -0.3 is 16.0 Å². The molecule has 136 valence electrons. The summed E-state index contributed by atoms with van der Waals surface area (Å²) in [6.07, 6.45) is 0.234. The Labute approximate surface area is 153 Å². The lowest BCUT2D eigenvalue weighted by molar-refractivity contribution is -0.123. The van der Waals surface area contributed by atoms with E-state index in [4.69, 9.17) is 0 Å². The van der Waals surface area contributed by atoms with Gasteiger partial charge in [0.1, 0.15) is 0 Å². The Kier molecular flexibility index (Phi) is 6.91. The highest BCUT2D eigenvalue weighted by Crippen LogP contribution is 2.14. The second kappa shape index (κ2) is 9.36. The largest absolute Gasteiger partial charge is 0.347 e. The summed E-state index contributed by atoms with van der Waals surface area (Å²) >= 11 is 0. The maximum Gasteiger partial charge on any atom is 0.243 e. The summed E-state index contributed by atoms with van der Waals surface area (Å²) in [4.78, 5) is 35.4. The third kappa shape index (κ3) is 6.39. The first kappa shape index (κ1) is 19.2. The monoisotopic (exact) mass is 353 g/mol. The number of benzene rings is 2. The van der Waals surface area contributed by atoms with Crippen LogP contribution in [0.4, 0.5) is 11.4 Å². The Bertz CT molecular complexity index is 756. The summed E-state index contributed by atoms with van der Waals surface area (Å²) in [6, 6.07) is 16.1. The summed E-state index contributed by atoms with van der Waals surface area (Å²) in [5.74, 6) is -0.694. The standard InChI is InChI=1S/C20H23N3O3/c1-14(2)20(26)23-17-10-8-16(9-11-17)22-19(25)13-21-18(24)12-15-6-4-3-5-7-15/h3-11,14H,12-13H2,1-2H3,(H,21,24)(H,22,25)(H,23,26). The van der Waals surface area contributed by atoms with Crippen LogP contribution in [-0.2, 0) is 20.8 Å². The molecule has 0 heterocycles. The van der Waals surface area contributed by atoms with Crippen molar-refractivity contribution in [3.63, 3.8) is 0 Å². The molecule has 0 atom stereocenters. The van der Waals surface area contributed by atoms with Gasteiger partial charge in [-0.25, -0.2) is 0 Å². The lowest BCUT2D eigenvalue weighted by Crippen LogP contribution is -2.33. The molecule has 0 unspecified atom stereocenters. The van der Waals surface area contributed by atoms with Crippen molar-refractivity contribution in [2.75, 3.05) is 17.2 Å². The Hall–Kier alpha value is -3.15. The molecule has 0 saturated carbocycles. The second-order valence-electron chi connectivity index (χ2n) is 6.21. The third-order valence-corrected chi connectivity index (χ3v) is 3.61. The lowest BCUT2D eigenvalue weighted by atomic mass is 10.1. The average molecular weight is 353 g/mol. The first-order valence-electron chi connectivity index (χ1n) is 8.45. The van der Waals surface area contributed by atoms with Crippen LogP contribution in [-0.4, -0.2) is 24.3 Å². The minimum absolute atomic E-state index is 0.0667. The first-order chi connectivity index (χ1) is 12.4. The van der Waals surface area contributed by atoms with E-state index in [1.165, 1.54) is 0 Å². The van der Waals surface area contributed by atoms with Crippen molar-refractivity contribution in [1.82, 2.24) is 5.32 Å². The molecule has 0 aliphatic rings. The van der Waals surface area contributed by atoms with Gasteiger partial charge in [0.05, 0.1) is 13.0 Å². The van der Waals surface area contributed by atoms with Gasteiger partial charge in [-0.1, -0.05) is 44.2 Å². The summed E-state index contributed by atoms with van der Waals surface area (Å²) in [5, 5.41) is 8.07. The minimum Gasteiger partial charge on any atom is -0.347 e. The molecule has 0 fully saturated rings. The normalized spacial score (nSPS) is 10.3. The van der Waals surface area contributed by atoms with Crippen molar-refractivity contribution in [1.29, 1.82) is 0 Å². The molecule has 3 N–H and O–H groups in total. The highest BCUT2D eigenvalue weighted by atomic mass is 16.2.